The van der Waals surface area contributed by atoms with Crippen LogP contribution >= 0.6 is 11.8 Å². The number of nitrogens with zero attached hydrogens (tertiary/aromatic N) is 1. The van der Waals surface area contributed by atoms with Gasteiger partial charge in [-0.3, -0.25) is 19.8 Å². The lowest BCUT2D eigenvalue weighted by molar-refractivity contribution is -0.169. The summed E-state index contributed by atoms with van der Waals surface area (Å²) in [6.45, 7) is 3.52. The number of nitrogens with one attached hydrogen (secondary N) is 2. The highest BCUT2D eigenvalue weighted by Crippen LogP contribution is 2.37. The van der Waals surface area contributed by atoms with Crippen molar-refractivity contribution in [2.75, 3.05) is 18.2 Å². The maximum absolute atomic E-state index is 13.2. The van der Waals surface area contributed by atoms with Crippen LogP contribution in [0.5, 0.6) is 11.5 Å². The van der Waals surface area contributed by atoms with Gasteiger partial charge in [0, 0.05) is 23.6 Å². The van der Waals surface area contributed by atoms with Crippen molar-refractivity contribution < 1.29 is 23.9 Å². The van der Waals surface area contributed by atoms with Gasteiger partial charge in [-0.25, -0.2) is 5.01 Å². The third-order valence-corrected chi connectivity index (χ3v) is 6.32. The minimum Gasteiger partial charge on any atom is -0.493 e. The molecule has 0 aliphatic carbocycles. The van der Waals surface area contributed by atoms with Crippen LogP contribution in [0.25, 0.3) is 0 Å². The fourth-order valence-corrected chi connectivity index (χ4v) is 4.32. The average Bonchev–Trinajstić information content (AvgIpc) is 2.88. The Morgan fingerprint density at radius 3 is 2.39 bits per heavy atom. The number of thioether (sulfide) groups is 1. The van der Waals surface area contributed by atoms with E-state index in [9.17, 15) is 14.4 Å². The van der Waals surface area contributed by atoms with Gasteiger partial charge in [-0.2, -0.15) is 0 Å². The highest BCUT2D eigenvalue weighted by molar-refractivity contribution is 7.98. The van der Waals surface area contributed by atoms with E-state index in [1.165, 1.54) is 11.9 Å². The zero-order valence-electron chi connectivity index (χ0n) is 20.2. The van der Waals surface area contributed by atoms with Crippen LogP contribution in [0.4, 0.5) is 5.69 Å². The number of carbonyl (C=O) groups is 3. The van der Waals surface area contributed by atoms with Crippen LogP contribution in [0.3, 0.4) is 0 Å². The summed E-state index contributed by atoms with van der Waals surface area (Å²) in [5, 5.41) is 3.97. The number of carbonyl (C=O) groups excluding carboxylic acids is 3. The Labute approximate surface area is 213 Å². The molecule has 2 atom stereocenters. The Kier molecular flexibility index (Phi) is 7.80. The maximum Gasteiger partial charge on any atom is 0.285 e. The predicted molar refractivity (Wildman–Crippen MR) is 138 cm³/mol. The average molecular weight is 506 g/mol. The molecule has 0 radical (unpaired) electrons. The van der Waals surface area contributed by atoms with Crippen LogP contribution in [0.1, 0.15) is 35.8 Å². The first-order valence-electron chi connectivity index (χ1n) is 11.5. The van der Waals surface area contributed by atoms with Crippen LogP contribution in [0.15, 0.2) is 77.7 Å². The van der Waals surface area contributed by atoms with Gasteiger partial charge in [0.15, 0.2) is 0 Å². The van der Waals surface area contributed by atoms with E-state index in [1.807, 2.05) is 48.7 Å². The summed E-state index contributed by atoms with van der Waals surface area (Å²) >= 11 is 1.62. The van der Waals surface area contributed by atoms with Crippen molar-refractivity contribution in [2.24, 2.45) is 0 Å². The number of benzene rings is 3. The lowest BCUT2D eigenvalue weighted by atomic mass is 9.92. The van der Waals surface area contributed by atoms with E-state index in [4.69, 9.17) is 9.47 Å². The number of hydrazine groups is 1. The van der Waals surface area contributed by atoms with Crippen LogP contribution in [-0.4, -0.2) is 41.7 Å². The summed E-state index contributed by atoms with van der Waals surface area (Å²) in [5.41, 5.74) is 4.30. The van der Waals surface area contributed by atoms with Gasteiger partial charge in [-0.05, 0) is 55.1 Å². The van der Waals surface area contributed by atoms with Gasteiger partial charge in [0.05, 0.1) is 12.2 Å². The van der Waals surface area contributed by atoms with Crippen molar-refractivity contribution >= 4 is 35.2 Å². The fraction of sp³-hybridized carbons (Fsp3) is 0.222. The molecular formula is C27H27N3O5S. The Morgan fingerprint density at radius 2 is 1.75 bits per heavy atom. The predicted octanol–water partition coefficient (Wildman–Crippen LogP) is 4.44. The molecule has 1 heterocycles. The molecule has 2 N–H and O–H groups in total. The van der Waals surface area contributed by atoms with Crippen LogP contribution < -0.4 is 20.2 Å². The van der Waals surface area contributed by atoms with Crippen molar-refractivity contribution in [1.82, 2.24) is 10.4 Å². The van der Waals surface area contributed by atoms with Crippen molar-refractivity contribution in [2.45, 2.75) is 30.9 Å². The van der Waals surface area contributed by atoms with Crippen molar-refractivity contribution in [1.29, 1.82) is 0 Å². The molecule has 4 rings (SSSR count). The molecule has 36 heavy (non-hydrogen) atoms. The lowest BCUT2D eigenvalue weighted by Gasteiger charge is -2.46. The smallest absolute Gasteiger partial charge is 0.285 e. The van der Waals surface area contributed by atoms with Gasteiger partial charge in [0.1, 0.15) is 17.5 Å². The van der Waals surface area contributed by atoms with E-state index >= 15 is 0 Å². The molecule has 3 amide bonds. The Morgan fingerprint density at radius 1 is 1.03 bits per heavy atom. The molecule has 0 saturated carbocycles. The second-order valence-corrected chi connectivity index (χ2v) is 8.92. The van der Waals surface area contributed by atoms with E-state index in [0.29, 0.717) is 23.8 Å². The number of hydrogen-bond acceptors (Lipinski definition) is 6. The Bertz CT molecular complexity index is 1250. The van der Waals surface area contributed by atoms with Crippen LogP contribution in [-0.2, 0) is 9.59 Å². The molecular weight excluding hydrogens is 478 g/mol. The Hall–Kier alpha value is -3.98. The van der Waals surface area contributed by atoms with E-state index in [0.717, 1.165) is 10.5 Å². The molecule has 0 spiro atoms. The van der Waals surface area contributed by atoms with Gasteiger partial charge < -0.3 is 14.8 Å². The number of ether oxygens (including phenoxy) is 2. The van der Waals surface area contributed by atoms with E-state index < -0.39 is 18.1 Å². The van der Waals surface area contributed by atoms with E-state index in [1.54, 1.807) is 49.0 Å². The molecule has 0 bridgehead atoms. The number of para-hydroxylation sites is 1. The number of rotatable bonds is 9. The Balaban J connectivity index is 1.59. The van der Waals surface area contributed by atoms with Gasteiger partial charge in [0.25, 0.3) is 11.8 Å². The summed E-state index contributed by atoms with van der Waals surface area (Å²) in [4.78, 5) is 38.9. The summed E-state index contributed by atoms with van der Waals surface area (Å²) in [7, 11) is 0. The zero-order chi connectivity index (χ0) is 25.7. The second-order valence-electron chi connectivity index (χ2n) is 8.04. The van der Waals surface area contributed by atoms with E-state index in [-0.39, 0.29) is 17.4 Å². The molecule has 8 nitrogen and oxygen atoms in total. The molecule has 3 aromatic rings. The van der Waals surface area contributed by atoms with Gasteiger partial charge in [-0.1, -0.05) is 30.3 Å². The van der Waals surface area contributed by atoms with Crippen LogP contribution in [0, 0.1) is 0 Å². The molecule has 0 unspecified atom stereocenters. The minimum absolute atomic E-state index is 0.236. The first kappa shape index (κ1) is 25.1. The molecule has 3 aromatic carbocycles. The first-order chi connectivity index (χ1) is 17.4. The van der Waals surface area contributed by atoms with Crippen LogP contribution in [0.2, 0.25) is 0 Å². The molecule has 1 aliphatic heterocycles. The normalized spacial score (nSPS) is 16.6. The van der Waals surface area contributed by atoms with Gasteiger partial charge in [0.2, 0.25) is 12.0 Å². The maximum atomic E-state index is 13.2. The van der Waals surface area contributed by atoms with Crippen molar-refractivity contribution in [3.8, 4) is 11.5 Å². The largest absolute Gasteiger partial charge is 0.493 e. The SMILES string of the molecule is CCOc1cc(NC(C)=O)ccc1C(=O)NN1C(=O)[C@@H](Oc2ccccc2)[C@@H]1c1ccc(SC)cc1. The first-order valence-corrected chi connectivity index (χ1v) is 12.7. The quantitative estimate of drug-likeness (QED) is 0.330. The standard InChI is InChI=1S/C27H27N3O5S/c1-4-34-23-16-19(28-17(2)31)12-15-22(23)26(32)29-30-24(18-10-13-21(36-3)14-11-18)25(27(30)33)35-20-8-6-5-7-9-20/h5-16,24-25H,4H2,1-3H3,(H,28,31)(H,29,32)/t24-,25-/m0/s1. The third kappa shape index (κ3) is 5.46. The van der Waals surface area contributed by atoms with Crippen molar-refractivity contribution in [3.63, 3.8) is 0 Å². The number of amides is 3. The van der Waals surface area contributed by atoms with Gasteiger partial charge in [-0.15, -0.1) is 11.8 Å². The minimum atomic E-state index is -0.790. The number of hydrogen-bond donors (Lipinski definition) is 2. The highest BCUT2D eigenvalue weighted by Gasteiger charge is 2.51. The molecule has 9 heteroatoms. The summed E-state index contributed by atoms with van der Waals surface area (Å²) in [6, 6.07) is 21.1. The number of β-lactam (4-membered cyclic amide) rings is 1. The fourth-order valence-electron chi connectivity index (χ4n) is 3.91. The summed E-state index contributed by atoms with van der Waals surface area (Å²) in [5.74, 6) is -0.239. The molecule has 1 fully saturated rings. The molecule has 1 aliphatic rings. The zero-order valence-corrected chi connectivity index (χ0v) is 21.0. The second kappa shape index (κ2) is 11.2. The molecule has 1 saturated heterocycles. The summed E-state index contributed by atoms with van der Waals surface area (Å²) < 4.78 is 11.6. The topological polar surface area (TPSA) is 97.0 Å². The van der Waals surface area contributed by atoms with Crippen molar-refractivity contribution in [3.05, 3.63) is 83.9 Å². The summed E-state index contributed by atoms with van der Waals surface area (Å²) in [6.07, 6.45) is 1.20. The van der Waals surface area contributed by atoms with E-state index in [2.05, 4.69) is 10.7 Å². The lowest BCUT2D eigenvalue weighted by Crippen LogP contribution is -2.67. The van der Waals surface area contributed by atoms with Gasteiger partial charge >= 0.3 is 0 Å². The monoisotopic (exact) mass is 505 g/mol. The number of anilines is 1. The molecule has 0 aromatic heterocycles. The highest BCUT2D eigenvalue weighted by atomic mass is 32.2. The molecule has 186 valence electrons. The third-order valence-electron chi connectivity index (χ3n) is 5.58.